The van der Waals surface area contributed by atoms with Gasteiger partial charge in [0.2, 0.25) is 0 Å². The second-order valence-electron chi connectivity index (χ2n) is 6.83. The Balaban J connectivity index is 4.02. The third-order valence-electron chi connectivity index (χ3n) is 3.65. The van der Waals surface area contributed by atoms with Crippen molar-refractivity contribution in [2.24, 2.45) is 0 Å². The molecule has 3 nitrogen and oxygen atoms in total. The summed E-state index contributed by atoms with van der Waals surface area (Å²) in [6.07, 6.45) is 7.61. The van der Waals surface area contributed by atoms with Gasteiger partial charge >= 0.3 is 0 Å². The molecule has 0 aromatic heterocycles. The molecule has 0 aliphatic carbocycles. The normalized spacial score (nSPS) is 18.0. The number of ether oxygens (including phenoxy) is 1. The molecular weight excluding hydrogens is 250 g/mol. The summed E-state index contributed by atoms with van der Waals surface area (Å²) in [4.78, 5) is 0. The Labute approximate surface area is 126 Å². The largest absolute Gasteiger partial charge is 0.394 e. The fourth-order valence-corrected chi connectivity index (χ4v) is 2.87. The number of aliphatic hydroxyl groups is 1. The van der Waals surface area contributed by atoms with Gasteiger partial charge in [-0.15, -0.1) is 0 Å². The van der Waals surface area contributed by atoms with Crippen molar-refractivity contribution in [2.45, 2.75) is 104 Å². The van der Waals surface area contributed by atoms with E-state index in [1.807, 2.05) is 0 Å². The van der Waals surface area contributed by atoms with Crippen LogP contribution in [0, 0.1) is 0 Å². The highest BCUT2D eigenvalue weighted by atomic mass is 16.5. The van der Waals surface area contributed by atoms with Crippen molar-refractivity contribution in [2.75, 3.05) is 6.61 Å². The molecule has 2 N–H and O–H groups in total. The fraction of sp³-hybridized carbons (Fsp3) is 1.00. The second-order valence-corrected chi connectivity index (χ2v) is 6.83. The van der Waals surface area contributed by atoms with Crippen LogP contribution in [-0.4, -0.2) is 35.5 Å². The van der Waals surface area contributed by atoms with Crippen LogP contribution >= 0.6 is 0 Å². The molecule has 0 rings (SSSR count). The van der Waals surface area contributed by atoms with Crippen molar-refractivity contribution in [1.82, 2.24) is 5.32 Å². The zero-order chi connectivity index (χ0) is 15.6. The molecule has 0 heterocycles. The fourth-order valence-electron chi connectivity index (χ4n) is 2.87. The second kappa shape index (κ2) is 10.6. The molecule has 0 saturated carbocycles. The van der Waals surface area contributed by atoms with E-state index in [-0.39, 0.29) is 18.2 Å². The Kier molecular flexibility index (Phi) is 10.5. The Morgan fingerprint density at radius 2 is 1.70 bits per heavy atom. The lowest BCUT2D eigenvalue weighted by Crippen LogP contribution is -2.51. The standard InChI is InChI=1S/C17H37NO2/c1-7-8-9-10-11-15(4)20-16(5)12-17(6,13-19)18-14(2)3/h14-16,18-19H,7-13H2,1-6H3. The molecule has 0 aliphatic rings. The van der Waals surface area contributed by atoms with Gasteiger partial charge < -0.3 is 15.2 Å². The number of nitrogens with one attached hydrogen (secondary N) is 1. The van der Waals surface area contributed by atoms with E-state index < -0.39 is 0 Å². The van der Waals surface area contributed by atoms with Crippen molar-refractivity contribution in [1.29, 1.82) is 0 Å². The van der Waals surface area contributed by atoms with Gasteiger partial charge in [0.1, 0.15) is 0 Å². The van der Waals surface area contributed by atoms with Crippen molar-refractivity contribution in [3.8, 4) is 0 Å². The molecule has 3 unspecified atom stereocenters. The lowest BCUT2D eigenvalue weighted by molar-refractivity contribution is -0.0212. The van der Waals surface area contributed by atoms with E-state index in [1.54, 1.807) is 0 Å². The predicted octanol–water partition coefficient (Wildman–Crippen LogP) is 3.89. The summed E-state index contributed by atoms with van der Waals surface area (Å²) in [5.41, 5.74) is -0.254. The molecule has 122 valence electrons. The first kappa shape index (κ1) is 19.9. The van der Waals surface area contributed by atoms with Crippen LogP contribution in [0.3, 0.4) is 0 Å². The number of aliphatic hydroxyl groups excluding tert-OH is 1. The molecule has 0 saturated heterocycles. The van der Waals surface area contributed by atoms with Crippen LogP contribution < -0.4 is 5.32 Å². The maximum atomic E-state index is 9.60. The average molecular weight is 287 g/mol. The van der Waals surface area contributed by atoms with Gasteiger partial charge in [0.15, 0.2) is 0 Å². The van der Waals surface area contributed by atoms with E-state index >= 15 is 0 Å². The third kappa shape index (κ3) is 9.73. The third-order valence-corrected chi connectivity index (χ3v) is 3.65. The minimum atomic E-state index is -0.254. The molecule has 0 radical (unpaired) electrons. The van der Waals surface area contributed by atoms with Gasteiger partial charge in [-0.25, -0.2) is 0 Å². The van der Waals surface area contributed by atoms with Gasteiger partial charge in [-0.3, -0.25) is 0 Å². The van der Waals surface area contributed by atoms with Gasteiger partial charge in [-0.05, 0) is 33.6 Å². The SMILES string of the molecule is CCCCCCC(C)OC(C)CC(C)(CO)NC(C)C. The molecule has 0 aromatic rings. The van der Waals surface area contributed by atoms with Crippen LogP contribution in [0.15, 0.2) is 0 Å². The number of rotatable bonds is 12. The Morgan fingerprint density at radius 1 is 1.05 bits per heavy atom. The molecule has 3 atom stereocenters. The van der Waals surface area contributed by atoms with Gasteiger partial charge in [-0.2, -0.15) is 0 Å². The van der Waals surface area contributed by atoms with Crippen LogP contribution in [0.4, 0.5) is 0 Å². The van der Waals surface area contributed by atoms with Crippen molar-refractivity contribution >= 4 is 0 Å². The summed E-state index contributed by atoms with van der Waals surface area (Å²) in [5, 5.41) is 13.0. The van der Waals surface area contributed by atoms with Gasteiger partial charge in [0.25, 0.3) is 0 Å². The number of hydrogen-bond donors (Lipinski definition) is 2. The van der Waals surface area contributed by atoms with Crippen LogP contribution in [0.1, 0.15) is 80.1 Å². The van der Waals surface area contributed by atoms with E-state index in [0.29, 0.717) is 12.1 Å². The molecule has 3 heteroatoms. The Hall–Kier alpha value is -0.120. The maximum absolute atomic E-state index is 9.60. The van der Waals surface area contributed by atoms with Crippen LogP contribution in [0.2, 0.25) is 0 Å². The molecule has 0 fully saturated rings. The molecule has 20 heavy (non-hydrogen) atoms. The topological polar surface area (TPSA) is 41.5 Å². The highest BCUT2D eigenvalue weighted by Gasteiger charge is 2.27. The van der Waals surface area contributed by atoms with Gasteiger partial charge in [0, 0.05) is 11.6 Å². The summed E-state index contributed by atoms with van der Waals surface area (Å²) >= 11 is 0. The minimum absolute atomic E-state index is 0.143. The molecule has 0 amide bonds. The van der Waals surface area contributed by atoms with Crippen molar-refractivity contribution in [3.63, 3.8) is 0 Å². The highest BCUT2D eigenvalue weighted by Crippen LogP contribution is 2.18. The predicted molar refractivity (Wildman–Crippen MR) is 87.1 cm³/mol. The van der Waals surface area contributed by atoms with Crippen LogP contribution in [-0.2, 0) is 4.74 Å². The monoisotopic (exact) mass is 287 g/mol. The van der Waals surface area contributed by atoms with Crippen molar-refractivity contribution < 1.29 is 9.84 Å². The summed E-state index contributed by atoms with van der Waals surface area (Å²) in [7, 11) is 0. The molecule has 0 bridgehead atoms. The maximum Gasteiger partial charge on any atom is 0.0611 e. The first-order valence-corrected chi connectivity index (χ1v) is 8.37. The Morgan fingerprint density at radius 3 is 2.20 bits per heavy atom. The summed E-state index contributed by atoms with van der Waals surface area (Å²) in [6.45, 7) is 12.9. The van der Waals surface area contributed by atoms with E-state index in [9.17, 15) is 5.11 Å². The first-order chi connectivity index (χ1) is 9.33. The quantitative estimate of drug-likeness (QED) is 0.535. The van der Waals surface area contributed by atoms with E-state index in [0.717, 1.165) is 12.8 Å². The minimum Gasteiger partial charge on any atom is -0.394 e. The zero-order valence-electron chi connectivity index (χ0n) is 14.5. The smallest absolute Gasteiger partial charge is 0.0611 e. The zero-order valence-corrected chi connectivity index (χ0v) is 14.5. The first-order valence-electron chi connectivity index (χ1n) is 8.37. The Bertz CT molecular complexity index is 233. The van der Waals surface area contributed by atoms with E-state index in [4.69, 9.17) is 4.74 Å². The molecular formula is C17H37NO2. The number of hydrogen-bond acceptors (Lipinski definition) is 3. The molecule has 0 aromatic carbocycles. The highest BCUT2D eigenvalue weighted by molar-refractivity contribution is 4.86. The lowest BCUT2D eigenvalue weighted by Gasteiger charge is -2.34. The molecule has 0 spiro atoms. The summed E-state index contributed by atoms with van der Waals surface area (Å²) < 4.78 is 6.06. The van der Waals surface area contributed by atoms with Crippen LogP contribution in [0.5, 0.6) is 0 Å². The number of unbranched alkanes of at least 4 members (excludes halogenated alkanes) is 3. The van der Waals surface area contributed by atoms with Gasteiger partial charge in [0.05, 0.1) is 18.8 Å². The van der Waals surface area contributed by atoms with Crippen molar-refractivity contribution in [3.05, 3.63) is 0 Å². The van der Waals surface area contributed by atoms with Gasteiger partial charge in [-0.1, -0.05) is 46.5 Å². The molecule has 0 aliphatic heterocycles. The van der Waals surface area contributed by atoms with E-state index in [2.05, 4.69) is 46.9 Å². The summed E-state index contributed by atoms with van der Waals surface area (Å²) in [6, 6.07) is 0.366. The summed E-state index contributed by atoms with van der Waals surface area (Å²) in [5.74, 6) is 0. The lowest BCUT2D eigenvalue weighted by atomic mass is 9.94. The average Bonchev–Trinajstić information content (AvgIpc) is 2.33. The van der Waals surface area contributed by atoms with Crippen LogP contribution in [0.25, 0.3) is 0 Å². The van der Waals surface area contributed by atoms with E-state index in [1.165, 1.54) is 25.7 Å².